The molecular formula is C13H9F3N2O3. The van der Waals surface area contributed by atoms with Crippen molar-refractivity contribution in [2.24, 2.45) is 0 Å². The van der Waals surface area contributed by atoms with Crippen molar-refractivity contribution < 1.29 is 22.8 Å². The van der Waals surface area contributed by atoms with Crippen molar-refractivity contribution in [2.45, 2.75) is 6.18 Å². The number of halogens is 3. The summed E-state index contributed by atoms with van der Waals surface area (Å²) in [5.41, 5.74) is 3.84. The van der Waals surface area contributed by atoms with Gasteiger partial charge in [0, 0.05) is 12.1 Å². The van der Waals surface area contributed by atoms with Crippen LogP contribution in [0.3, 0.4) is 0 Å². The second kappa shape index (κ2) is 5.31. The van der Waals surface area contributed by atoms with Crippen LogP contribution in [-0.2, 0) is 6.18 Å². The van der Waals surface area contributed by atoms with E-state index in [0.717, 1.165) is 12.1 Å². The largest absolute Gasteiger partial charge is 0.455 e. The Labute approximate surface area is 116 Å². The van der Waals surface area contributed by atoms with Crippen molar-refractivity contribution in [2.75, 3.05) is 5.73 Å². The molecule has 0 amide bonds. The number of nitrogens with two attached hydrogens (primary N) is 1. The summed E-state index contributed by atoms with van der Waals surface area (Å²) in [5.74, 6) is -0.511. The molecule has 0 aromatic heterocycles. The Balaban J connectivity index is 2.48. The van der Waals surface area contributed by atoms with Crippen LogP contribution in [-0.4, -0.2) is 4.92 Å². The minimum Gasteiger partial charge on any atom is -0.455 e. The maximum absolute atomic E-state index is 13.0. The molecule has 2 rings (SSSR count). The van der Waals surface area contributed by atoms with Crippen molar-refractivity contribution in [3.05, 3.63) is 58.1 Å². The van der Waals surface area contributed by atoms with E-state index in [4.69, 9.17) is 10.5 Å². The number of nitrogens with zero attached hydrogens (tertiary/aromatic N) is 1. The fourth-order valence-electron chi connectivity index (χ4n) is 1.63. The summed E-state index contributed by atoms with van der Waals surface area (Å²) in [5, 5.41) is 10.6. The normalized spacial score (nSPS) is 11.2. The van der Waals surface area contributed by atoms with Gasteiger partial charge in [0.1, 0.15) is 17.1 Å². The van der Waals surface area contributed by atoms with Gasteiger partial charge in [0.2, 0.25) is 0 Å². The Morgan fingerprint density at radius 3 is 2.33 bits per heavy atom. The van der Waals surface area contributed by atoms with Crippen molar-refractivity contribution in [1.82, 2.24) is 0 Å². The van der Waals surface area contributed by atoms with Crippen molar-refractivity contribution in [3.63, 3.8) is 0 Å². The number of anilines is 1. The van der Waals surface area contributed by atoms with Gasteiger partial charge in [-0.25, -0.2) is 0 Å². The van der Waals surface area contributed by atoms with Crippen LogP contribution in [0.4, 0.5) is 24.5 Å². The minimum atomic E-state index is -4.79. The zero-order valence-electron chi connectivity index (χ0n) is 10.4. The molecular weight excluding hydrogens is 289 g/mol. The highest BCUT2D eigenvalue weighted by Gasteiger charge is 2.36. The lowest BCUT2D eigenvalue weighted by molar-refractivity contribution is -0.385. The third-order valence-corrected chi connectivity index (χ3v) is 2.62. The van der Waals surface area contributed by atoms with Gasteiger partial charge in [-0.3, -0.25) is 10.1 Å². The molecule has 2 N–H and O–H groups in total. The zero-order chi connectivity index (χ0) is 15.6. The minimum absolute atomic E-state index is 0.0388. The van der Waals surface area contributed by atoms with Crippen LogP contribution in [0.1, 0.15) is 5.56 Å². The van der Waals surface area contributed by atoms with Gasteiger partial charge in [0.15, 0.2) is 0 Å². The fourth-order valence-corrected chi connectivity index (χ4v) is 1.63. The first-order valence-corrected chi connectivity index (χ1v) is 5.67. The van der Waals surface area contributed by atoms with E-state index in [1.165, 1.54) is 12.1 Å². The van der Waals surface area contributed by atoms with Gasteiger partial charge in [-0.15, -0.1) is 0 Å². The molecule has 0 spiro atoms. The van der Waals surface area contributed by atoms with Crippen molar-refractivity contribution in [1.29, 1.82) is 0 Å². The molecule has 8 heteroatoms. The van der Waals surface area contributed by atoms with E-state index in [1.807, 2.05) is 0 Å². The average molecular weight is 298 g/mol. The van der Waals surface area contributed by atoms with E-state index in [-0.39, 0.29) is 11.4 Å². The number of para-hydroxylation sites is 2. The third-order valence-electron chi connectivity index (χ3n) is 2.62. The van der Waals surface area contributed by atoms with E-state index < -0.39 is 28.1 Å². The zero-order valence-corrected chi connectivity index (χ0v) is 10.4. The predicted octanol–water partition coefficient (Wildman–Crippen LogP) is 3.99. The Kier molecular flexibility index (Phi) is 3.70. The predicted molar refractivity (Wildman–Crippen MR) is 69.0 cm³/mol. The molecule has 0 atom stereocenters. The molecule has 2 aromatic carbocycles. The van der Waals surface area contributed by atoms with Gasteiger partial charge in [-0.05, 0) is 18.2 Å². The first-order valence-electron chi connectivity index (χ1n) is 5.67. The molecule has 0 saturated carbocycles. The van der Waals surface area contributed by atoms with Crippen LogP contribution < -0.4 is 10.5 Å². The molecule has 0 saturated heterocycles. The smallest absolute Gasteiger partial charge is 0.420 e. The second-order valence-corrected chi connectivity index (χ2v) is 4.08. The lowest BCUT2D eigenvalue weighted by Crippen LogP contribution is -2.08. The highest BCUT2D eigenvalue weighted by Crippen LogP contribution is 2.40. The van der Waals surface area contributed by atoms with Crippen LogP contribution in [0, 0.1) is 10.1 Å². The monoisotopic (exact) mass is 298 g/mol. The summed E-state index contributed by atoms with van der Waals surface area (Å²) >= 11 is 0. The number of rotatable bonds is 3. The van der Waals surface area contributed by atoms with Gasteiger partial charge < -0.3 is 10.5 Å². The fraction of sp³-hybridized carbons (Fsp3) is 0.0769. The highest BCUT2D eigenvalue weighted by molar-refractivity contribution is 5.55. The summed E-state index contributed by atoms with van der Waals surface area (Å²) in [6, 6.07) is 8.27. The molecule has 0 radical (unpaired) electrons. The maximum atomic E-state index is 13.0. The summed E-state index contributed by atoms with van der Waals surface area (Å²) in [7, 11) is 0. The van der Waals surface area contributed by atoms with Gasteiger partial charge in [0.25, 0.3) is 5.69 Å². The molecule has 0 aliphatic heterocycles. The van der Waals surface area contributed by atoms with Crippen LogP contribution in [0.25, 0.3) is 0 Å². The maximum Gasteiger partial charge on any atom is 0.420 e. The number of alkyl halides is 3. The van der Waals surface area contributed by atoms with E-state index >= 15 is 0 Å². The van der Waals surface area contributed by atoms with Crippen LogP contribution in [0.2, 0.25) is 0 Å². The molecule has 0 heterocycles. The molecule has 0 fully saturated rings. The van der Waals surface area contributed by atoms with Gasteiger partial charge in [-0.2, -0.15) is 13.2 Å². The first-order chi connectivity index (χ1) is 9.79. The topological polar surface area (TPSA) is 78.4 Å². The van der Waals surface area contributed by atoms with Gasteiger partial charge in [0.05, 0.1) is 10.6 Å². The molecule has 21 heavy (non-hydrogen) atoms. The molecule has 0 aliphatic rings. The van der Waals surface area contributed by atoms with Gasteiger partial charge in [-0.1, -0.05) is 12.1 Å². The third kappa shape index (κ3) is 3.22. The molecule has 0 bridgehead atoms. The van der Waals surface area contributed by atoms with E-state index in [2.05, 4.69) is 0 Å². The van der Waals surface area contributed by atoms with E-state index in [0.29, 0.717) is 6.07 Å². The average Bonchev–Trinajstić information content (AvgIpc) is 2.40. The van der Waals surface area contributed by atoms with Gasteiger partial charge >= 0.3 is 6.18 Å². The molecule has 0 aliphatic carbocycles. The number of non-ortho nitro benzene ring substituents is 1. The number of hydrogen-bond donors (Lipinski definition) is 1. The molecule has 110 valence electrons. The highest BCUT2D eigenvalue weighted by atomic mass is 19.4. The number of nitro benzene ring substituents is 1. The quantitative estimate of drug-likeness (QED) is 0.528. The summed E-state index contributed by atoms with van der Waals surface area (Å²) < 4.78 is 44.0. The van der Waals surface area contributed by atoms with E-state index in [9.17, 15) is 23.3 Å². The Hall–Kier alpha value is -2.77. The van der Waals surface area contributed by atoms with Crippen LogP contribution >= 0.6 is 0 Å². The number of hydrogen-bond acceptors (Lipinski definition) is 4. The standard InChI is InChI=1S/C13H9F3N2O3/c14-13(15,16)9-7-8(18(19)20)5-6-11(9)21-12-4-2-1-3-10(12)17/h1-7H,17H2. The summed E-state index contributed by atoms with van der Waals surface area (Å²) in [6.45, 7) is 0. The Bertz CT molecular complexity index is 687. The van der Waals surface area contributed by atoms with Crippen molar-refractivity contribution in [3.8, 4) is 11.5 Å². The summed E-state index contributed by atoms with van der Waals surface area (Å²) in [4.78, 5) is 9.67. The molecule has 5 nitrogen and oxygen atoms in total. The number of nitrogen functional groups attached to an aromatic ring is 1. The number of ether oxygens (including phenoxy) is 1. The Morgan fingerprint density at radius 2 is 1.76 bits per heavy atom. The molecule has 2 aromatic rings. The van der Waals surface area contributed by atoms with E-state index in [1.54, 1.807) is 12.1 Å². The first kappa shape index (κ1) is 14.6. The number of benzene rings is 2. The SMILES string of the molecule is Nc1ccccc1Oc1ccc([N+](=O)[O-])cc1C(F)(F)F. The Morgan fingerprint density at radius 1 is 1.10 bits per heavy atom. The van der Waals surface area contributed by atoms with Crippen molar-refractivity contribution >= 4 is 11.4 Å². The van der Waals surface area contributed by atoms with Crippen LogP contribution in [0.5, 0.6) is 11.5 Å². The lowest BCUT2D eigenvalue weighted by Gasteiger charge is -2.14. The summed E-state index contributed by atoms with van der Waals surface area (Å²) in [6.07, 6.45) is -4.79. The lowest BCUT2D eigenvalue weighted by atomic mass is 10.1. The second-order valence-electron chi connectivity index (χ2n) is 4.08. The number of nitro groups is 1. The molecule has 0 unspecified atom stereocenters. The van der Waals surface area contributed by atoms with Crippen LogP contribution in [0.15, 0.2) is 42.5 Å².